The molecule has 3 aromatic heterocycles. The molecule has 3 heterocycles. The van der Waals surface area contributed by atoms with E-state index in [0.29, 0.717) is 17.4 Å². The molecule has 4 rings (SSSR count). The largest absolute Gasteiger partial charge is 0.359 e. The van der Waals surface area contributed by atoms with Crippen LogP contribution in [-0.4, -0.2) is 31.3 Å². The second-order valence-corrected chi connectivity index (χ2v) is 7.30. The lowest BCUT2D eigenvalue weighted by molar-refractivity contribution is 0.420. The fourth-order valence-corrected chi connectivity index (χ4v) is 3.77. The summed E-state index contributed by atoms with van der Waals surface area (Å²) in [6.45, 7) is 1.96. The van der Waals surface area contributed by atoms with Gasteiger partial charge >= 0.3 is 0 Å². The standard InChI is InChI=1S/C16H14N6OS2/c1-9(12-20-15(23-22-12)10-6-4-3-5-7-10)19-13-11-14(18-8-17-13)21-16(24-2)25-11/h3-9H,1-2H3,(H,17,18,19). The number of rotatable bonds is 5. The van der Waals surface area contributed by atoms with E-state index in [1.807, 2.05) is 43.5 Å². The first-order valence-electron chi connectivity index (χ1n) is 7.55. The maximum atomic E-state index is 5.37. The molecule has 126 valence electrons. The Morgan fingerprint density at radius 3 is 2.80 bits per heavy atom. The molecule has 4 aromatic rings. The molecule has 7 nitrogen and oxygen atoms in total. The molecule has 1 atom stereocenters. The molecule has 1 aromatic carbocycles. The normalized spacial score (nSPS) is 12.4. The van der Waals surface area contributed by atoms with E-state index in [2.05, 4.69) is 30.4 Å². The topological polar surface area (TPSA) is 89.6 Å². The van der Waals surface area contributed by atoms with E-state index < -0.39 is 0 Å². The first-order chi connectivity index (χ1) is 12.2. The minimum absolute atomic E-state index is 0.167. The van der Waals surface area contributed by atoms with Crippen molar-refractivity contribution < 1.29 is 4.52 Å². The molecule has 0 bridgehead atoms. The summed E-state index contributed by atoms with van der Waals surface area (Å²) in [7, 11) is 0. The molecule has 0 fully saturated rings. The molecule has 1 N–H and O–H groups in total. The van der Waals surface area contributed by atoms with Crippen LogP contribution < -0.4 is 5.32 Å². The van der Waals surface area contributed by atoms with Crippen molar-refractivity contribution in [3.05, 3.63) is 42.5 Å². The average molecular weight is 370 g/mol. The van der Waals surface area contributed by atoms with Crippen molar-refractivity contribution >= 4 is 39.3 Å². The molecule has 0 saturated carbocycles. The van der Waals surface area contributed by atoms with Crippen molar-refractivity contribution in [2.24, 2.45) is 0 Å². The zero-order valence-electron chi connectivity index (χ0n) is 13.5. The first kappa shape index (κ1) is 16.0. The molecular formula is C16H14N6OS2. The summed E-state index contributed by atoms with van der Waals surface area (Å²) >= 11 is 3.15. The maximum Gasteiger partial charge on any atom is 0.257 e. The van der Waals surface area contributed by atoms with Crippen LogP contribution in [-0.2, 0) is 0 Å². The highest BCUT2D eigenvalue weighted by molar-refractivity contribution is 8.00. The van der Waals surface area contributed by atoms with E-state index in [1.165, 1.54) is 6.33 Å². The molecule has 0 aliphatic carbocycles. The lowest BCUT2D eigenvalue weighted by atomic mass is 10.2. The molecule has 0 aliphatic rings. The van der Waals surface area contributed by atoms with Gasteiger partial charge in [-0.2, -0.15) is 4.98 Å². The number of nitrogens with zero attached hydrogens (tertiary/aromatic N) is 5. The summed E-state index contributed by atoms with van der Waals surface area (Å²) in [5.41, 5.74) is 1.59. The SMILES string of the molecule is CSc1nc2ncnc(NC(C)c3noc(-c4ccccc4)n3)c2s1. The van der Waals surface area contributed by atoms with Crippen molar-refractivity contribution in [1.29, 1.82) is 0 Å². The number of fused-ring (bicyclic) bond motifs is 1. The first-order valence-corrected chi connectivity index (χ1v) is 9.60. The molecule has 25 heavy (non-hydrogen) atoms. The minimum atomic E-state index is -0.167. The number of thiazole rings is 1. The predicted molar refractivity (Wildman–Crippen MR) is 98.8 cm³/mol. The lowest BCUT2D eigenvalue weighted by Crippen LogP contribution is -2.09. The van der Waals surface area contributed by atoms with E-state index in [0.717, 1.165) is 20.4 Å². The van der Waals surface area contributed by atoms with E-state index in [-0.39, 0.29) is 6.04 Å². The lowest BCUT2D eigenvalue weighted by Gasteiger charge is -2.10. The number of hydrogen-bond acceptors (Lipinski definition) is 9. The highest BCUT2D eigenvalue weighted by Crippen LogP contribution is 2.32. The van der Waals surface area contributed by atoms with Gasteiger partial charge in [-0.05, 0) is 25.3 Å². The Bertz CT molecular complexity index is 1000. The van der Waals surface area contributed by atoms with Crippen molar-refractivity contribution in [1.82, 2.24) is 25.1 Å². The number of benzene rings is 1. The van der Waals surface area contributed by atoms with Gasteiger partial charge in [0.05, 0.1) is 6.04 Å². The molecule has 0 radical (unpaired) electrons. The van der Waals surface area contributed by atoms with Gasteiger partial charge in [0.15, 0.2) is 15.8 Å². The third-order valence-corrected chi connectivity index (χ3v) is 5.59. The van der Waals surface area contributed by atoms with Gasteiger partial charge in [-0.25, -0.2) is 15.0 Å². The van der Waals surface area contributed by atoms with Gasteiger partial charge in [0.2, 0.25) is 0 Å². The van der Waals surface area contributed by atoms with Gasteiger partial charge in [0, 0.05) is 5.56 Å². The zero-order valence-corrected chi connectivity index (χ0v) is 15.1. The molecule has 9 heteroatoms. The van der Waals surface area contributed by atoms with Crippen LogP contribution in [0.25, 0.3) is 21.8 Å². The predicted octanol–water partition coefficient (Wildman–Crippen LogP) is 4.03. The molecule has 1 unspecified atom stereocenters. The van der Waals surface area contributed by atoms with Crippen LogP contribution in [0.15, 0.2) is 45.5 Å². The molecule has 0 spiro atoms. The number of anilines is 1. The van der Waals surface area contributed by atoms with Crippen LogP contribution in [0.5, 0.6) is 0 Å². The number of hydrogen-bond donors (Lipinski definition) is 1. The molecular weight excluding hydrogens is 356 g/mol. The van der Waals surface area contributed by atoms with Gasteiger partial charge in [-0.15, -0.1) is 11.3 Å². The summed E-state index contributed by atoms with van der Waals surface area (Å²) in [5.74, 6) is 1.79. The number of nitrogens with one attached hydrogen (secondary N) is 1. The summed E-state index contributed by atoms with van der Waals surface area (Å²) in [4.78, 5) is 17.5. The van der Waals surface area contributed by atoms with Crippen molar-refractivity contribution in [3.63, 3.8) is 0 Å². The Hall–Kier alpha value is -2.52. The average Bonchev–Trinajstić information content (AvgIpc) is 3.30. The van der Waals surface area contributed by atoms with Gasteiger partial charge in [0.25, 0.3) is 5.89 Å². The summed E-state index contributed by atoms with van der Waals surface area (Å²) < 4.78 is 7.25. The van der Waals surface area contributed by atoms with Crippen LogP contribution in [0, 0.1) is 0 Å². The van der Waals surface area contributed by atoms with Crippen molar-refractivity contribution in [2.75, 3.05) is 11.6 Å². The Labute approximate surface area is 151 Å². The summed E-state index contributed by atoms with van der Waals surface area (Å²) in [6.07, 6.45) is 3.50. The number of aromatic nitrogens is 5. The van der Waals surface area contributed by atoms with Crippen molar-refractivity contribution in [3.8, 4) is 11.5 Å². The second kappa shape index (κ2) is 6.77. The highest BCUT2D eigenvalue weighted by Gasteiger charge is 2.17. The number of thioether (sulfide) groups is 1. The van der Waals surface area contributed by atoms with Crippen LogP contribution in [0.1, 0.15) is 18.8 Å². The Balaban J connectivity index is 1.59. The van der Waals surface area contributed by atoms with E-state index in [9.17, 15) is 0 Å². The van der Waals surface area contributed by atoms with Gasteiger partial charge in [0.1, 0.15) is 16.8 Å². The Morgan fingerprint density at radius 2 is 2.00 bits per heavy atom. The van der Waals surface area contributed by atoms with Crippen LogP contribution in [0.3, 0.4) is 0 Å². The Kier molecular flexibility index (Phi) is 4.33. The van der Waals surface area contributed by atoms with Crippen LogP contribution in [0.2, 0.25) is 0 Å². The maximum absolute atomic E-state index is 5.37. The third-order valence-electron chi connectivity index (χ3n) is 3.55. The van der Waals surface area contributed by atoms with Gasteiger partial charge in [-0.1, -0.05) is 35.1 Å². The smallest absolute Gasteiger partial charge is 0.257 e. The summed E-state index contributed by atoms with van der Waals surface area (Å²) in [6, 6.07) is 9.52. The van der Waals surface area contributed by atoms with Crippen LogP contribution in [0.4, 0.5) is 5.82 Å². The highest BCUT2D eigenvalue weighted by atomic mass is 32.2. The van der Waals surface area contributed by atoms with E-state index in [4.69, 9.17) is 4.52 Å². The zero-order chi connectivity index (χ0) is 17.2. The van der Waals surface area contributed by atoms with Gasteiger partial charge in [-0.3, -0.25) is 0 Å². The fourth-order valence-electron chi connectivity index (χ4n) is 2.30. The quantitative estimate of drug-likeness (QED) is 0.527. The second-order valence-electron chi connectivity index (χ2n) is 5.25. The van der Waals surface area contributed by atoms with Gasteiger partial charge < -0.3 is 9.84 Å². The minimum Gasteiger partial charge on any atom is -0.359 e. The third kappa shape index (κ3) is 3.20. The van der Waals surface area contributed by atoms with E-state index in [1.54, 1.807) is 23.1 Å². The molecule has 0 amide bonds. The Morgan fingerprint density at radius 1 is 1.16 bits per heavy atom. The fraction of sp³-hybridized carbons (Fsp3) is 0.188. The monoisotopic (exact) mass is 370 g/mol. The molecule has 0 saturated heterocycles. The summed E-state index contributed by atoms with van der Waals surface area (Å²) in [5, 5.41) is 7.41. The molecule has 0 aliphatic heterocycles. The van der Waals surface area contributed by atoms with E-state index >= 15 is 0 Å². The van der Waals surface area contributed by atoms with Crippen LogP contribution >= 0.6 is 23.1 Å². The van der Waals surface area contributed by atoms with Crippen molar-refractivity contribution in [2.45, 2.75) is 17.3 Å².